The van der Waals surface area contributed by atoms with Crippen molar-refractivity contribution >= 4 is 44.8 Å². The maximum absolute atomic E-state index is 13.0. The minimum atomic E-state index is -4.67. The first-order chi connectivity index (χ1) is 12.4. The molecule has 0 aliphatic heterocycles. The first kappa shape index (κ1) is 21.5. The minimum absolute atomic E-state index is 0.0815. The van der Waals surface area contributed by atoms with E-state index in [9.17, 15) is 26.4 Å². The van der Waals surface area contributed by atoms with Gasteiger partial charge in [-0.2, -0.15) is 17.5 Å². The number of sulfonamides is 1. The number of nitrogens with zero attached hydrogens (tertiary/aromatic N) is 1. The molecule has 5 nitrogen and oxygen atoms in total. The normalized spacial score (nSPS) is 12.3. The number of hydrogen-bond donors (Lipinski definition) is 1. The number of para-hydroxylation sites is 1. The van der Waals surface area contributed by atoms with Crippen molar-refractivity contribution in [1.29, 1.82) is 0 Å². The molecule has 1 N–H and O–H groups in total. The number of halogens is 5. The second kappa shape index (κ2) is 8.05. The van der Waals surface area contributed by atoms with Crippen LogP contribution in [0, 0.1) is 0 Å². The van der Waals surface area contributed by atoms with E-state index in [4.69, 9.17) is 23.2 Å². The van der Waals surface area contributed by atoms with Crippen molar-refractivity contribution in [1.82, 2.24) is 4.31 Å². The van der Waals surface area contributed by atoms with Gasteiger partial charge in [0.15, 0.2) is 0 Å². The Morgan fingerprint density at radius 2 is 1.67 bits per heavy atom. The van der Waals surface area contributed by atoms with E-state index in [0.29, 0.717) is 4.31 Å². The van der Waals surface area contributed by atoms with Crippen molar-refractivity contribution in [3.8, 4) is 0 Å². The van der Waals surface area contributed by atoms with Crippen LogP contribution in [0.3, 0.4) is 0 Å². The third kappa shape index (κ3) is 5.35. The van der Waals surface area contributed by atoms with Crippen LogP contribution in [0.1, 0.15) is 5.56 Å². The molecule has 0 saturated carbocycles. The van der Waals surface area contributed by atoms with Crippen molar-refractivity contribution in [3.05, 3.63) is 58.1 Å². The van der Waals surface area contributed by atoms with Gasteiger partial charge in [0.1, 0.15) is 0 Å². The number of carbonyl (C=O) groups is 1. The average molecular weight is 441 g/mol. The van der Waals surface area contributed by atoms with Gasteiger partial charge >= 0.3 is 6.18 Å². The molecule has 0 aliphatic carbocycles. The zero-order chi connectivity index (χ0) is 20.4. The highest BCUT2D eigenvalue weighted by Gasteiger charge is 2.34. The van der Waals surface area contributed by atoms with E-state index in [0.717, 1.165) is 31.3 Å². The van der Waals surface area contributed by atoms with E-state index in [-0.39, 0.29) is 14.9 Å². The lowest BCUT2D eigenvalue weighted by atomic mass is 10.1. The van der Waals surface area contributed by atoms with Crippen molar-refractivity contribution < 1.29 is 26.4 Å². The fraction of sp³-hybridized carbons (Fsp3) is 0.188. The molecule has 0 bridgehead atoms. The summed E-state index contributed by atoms with van der Waals surface area (Å²) in [4.78, 5) is 11.8. The molecule has 0 heterocycles. The van der Waals surface area contributed by atoms with Crippen LogP contribution in [0.4, 0.5) is 18.9 Å². The topological polar surface area (TPSA) is 66.5 Å². The number of rotatable bonds is 5. The summed E-state index contributed by atoms with van der Waals surface area (Å²) in [5, 5.41) is 2.24. The lowest BCUT2D eigenvalue weighted by molar-refractivity contribution is -0.137. The highest BCUT2D eigenvalue weighted by atomic mass is 35.5. The zero-order valence-corrected chi connectivity index (χ0v) is 16.0. The fourth-order valence-corrected chi connectivity index (χ4v) is 4.03. The number of anilines is 1. The molecule has 0 unspecified atom stereocenters. The first-order valence-corrected chi connectivity index (χ1v) is 9.49. The largest absolute Gasteiger partial charge is 0.418 e. The summed E-state index contributed by atoms with van der Waals surface area (Å²) in [5.74, 6) is -0.939. The van der Waals surface area contributed by atoms with Crippen molar-refractivity contribution in [2.24, 2.45) is 0 Å². The minimum Gasteiger partial charge on any atom is -0.324 e. The number of carbonyl (C=O) groups excluding carboxylic acids is 1. The highest BCUT2D eigenvalue weighted by Crippen LogP contribution is 2.34. The van der Waals surface area contributed by atoms with Crippen LogP contribution in [0.5, 0.6) is 0 Å². The monoisotopic (exact) mass is 440 g/mol. The van der Waals surface area contributed by atoms with E-state index in [1.165, 1.54) is 18.2 Å². The van der Waals surface area contributed by atoms with Crippen molar-refractivity contribution in [2.45, 2.75) is 11.1 Å². The lowest BCUT2D eigenvalue weighted by Crippen LogP contribution is -2.35. The predicted octanol–water partition coefficient (Wildman–Crippen LogP) is 4.27. The molecule has 27 heavy (non-hydrogen) atoms. The number of amides is 1. The van der Waals surface area contributed by atoms with Crippen LogP contribution in [0.2, 0.25) is 10.0 Å². The molecule has 2 rings (SSSR count). The summed E-state index contributed by atoms with van der Waals surface area (Å²) in [6.45, 7) is -0.710. The van der Waals surface area contributed by atoms with Gasteiger partial charge in [-0.3, -0.25) is 4.79 Å². The van der Waals surface area contributed by atoms with Gasteiger partial charge in [0, 0.05) is 17.1 Å². The molecular weight excluding hydrogens is 428 g/mol. The molecule has 11 heteroatoms. The maximum Gasteiger partial charge on any atom is 0.418 e. The Morgan fingerprint density at radius 3 is 2.22 bits per heavy atom. The Kier molecular flexibility index (Phi) is 6.41. The quantitative estimate of drug-likeness (QED) is 0.754. The predicted molar refractivity (Wildman–Crippen MR) is 96.4 cm³/mol. The summed E-state index contributed by atoms with van der Waals surface area (Å²) in [6.07, 6.45) is -4.67. The Hall–Kier alpha value is -1.81. The smallest absolute Gasteiger partial charge is 0.324 e. The Bertz CT molecular complexity index is 945. The van der Waals surface area contributed by atoms with Crippen LogP contribution in [0.25, 0.3) is 0 Å². The summed E-state index contributed by atoms with van der Waals surface area (Å²) in [5.41, 5.74) is -1.50. The van der Waals surface area contributed by atoms with Crippen LogP contribution >= 0.6 is 23.2 Å². The van der Waals surface area contributed by atoms with Crippen molar-refractivity contribution in [2.75, 3.05) is 18.9 Å². The summed E-state index contributed by atoms with van der Waals surface area (Å²) >= 11 is 11.6. The van der Waals surface area contributed by atoms with Gasteiger partial charge < -0.3 is 5.32 Å². The van der Waals surface area contributed by atoms with E-state index >= 15 is 0 Å². The number of likely N-dealkylation sites (N-methyl/N-ethyl adjacent to an activating group) is 1. The summed E-state index contributed by atoms with van der Waals surface area (Å²) in [6, 6.07) is 8.02. The summed E-state index contributed by atoms with van der Waals surface area (Å²) < 4.78 is 64.6. The van der Waals surface area contributed by atoms with Crippen LogP contribution in [0.15, 0.2) is 47.4 Å². The van der Waals surface area contributed by atoms with Gasteiger partial charge in [0.05, 0.1) is 22.7 Å². The van der Waals surface area contributed by atoms with Gasteiger partial charge in [0.25, 0.3) is 0 Å². The third-order valence-electron chi connectivity index (χ3n) is 3.42. The van der Waals surface area contributed by atoms with Gasteiger partial charge in [0.2, 0.25) is 15.9 Å². The molecule has 0 radical (unpaired) electrons. The zero-order valence-electron chi connectivity index (χ0n) is 13.7. The molecule has 0 spiro atoms. The Labute approximate surface area is 163 Å². The van der Waals surface area contributed by atoms with Gasteiger partial charge in [-0.1, -0.05) is 35.3 Å². The summed E-state index contributed by atoms with van der Waals surface area (Å²) in [7, 11) is -3.02. The molecular formula is C16H13Cl2F3N2O3S. The highest BCUT2D eigenvalue weighted by molar-refractivity contribution is 7.89. The van der Waals surface area contributed by atoms with Gasteiger partial charge in [-0.25, -0.2) is 8.42 Å². The Balaban J connectivity index is 2.19. The second-order valence-corrected chi connectivity index (χ2v) is 8.38. The molecule has 0 fully saturated rings. The number of nitrogens with one attached hydrogen (secondary N) is 1. The van der Waals surface area contributed by atoms with E-state index in [2.05, 4.69) is 5.32 Å². The molecule has 0 aromatic heterocycles. The molecule has 2 aromatic rings. The Morgan fingerprint density at radius 1 is 1.11 bits per heavy atom. The van der Waals surface area contributed by atoms with Crippen LogP contribution < -0.4 is 5.32 Å². The maximum atomic E-state index is 13.0. The number of benzene rings is 2. The number of alkyl halides is 3. The molecule has 2 aromatic carbocycles. The van der Waals surface area contributed by atoms with Gasteiger partial charge in [-0.05, 0) is 30.3 Å². The fourth-order valence-electron chi connectivity index (χ4n) is 2.17. The van der Waals surface area contributed by atoms with E-state index < -0.39 is 39.9 Å². The average Bonchev–Trinajstić information content (AvgIpc) is 2.53. The second-order valence-electron chi connectivity index (χ2n) is 5.46. The third-order valence-corrected chi connectivity index (χ3v) is 5.63. The van der Waals surface area contributed by atoms with Crippen LogP contribution in [-0.4, -0.2) is 32.2 Å². The van der Waals surface area contributed by atoms with Crippen LogP contribution in [-0.2, 0) is 21.0 Å². The molecule has 0 aliphatic rings. The molecule has 1 amide bonds. The van der Waals surface area contributed by atoms with E-state index in [1.54, 1.807) is 0 Å². The van der Waals surface area contributed by atoms with E-state index in [1.807, 2.05) is 0 Å². The lowest BCUT2D eigenvalue weighted by Gasteiger charge is -2.18. The standard InChI is InChI=1S/C16H13Cl2F3N2O3S/c1-23(27(25,26)12-7-10(17)6-11(18)8-12)9-15(24)22-14-5-3-2-4-13(14)16(19,20)21/h2-8H,9H2,1H3,(H,22,24). The molecule has 0 atom stereocenters. The first-order valence-electron chi connectivity index (χ1n) is 7.30. The molecule has 0 saturated heterocycles. The molecule has 146 valence electrons. The van der Waals surface area contributed by atoms with Gasteiger partial charge in [-0.15, -0.1) is 0 Å². The van der Waals surface area contributed by atoms with Crippen molar-refractivity contribution in [3.63, 3.8) is 0 Å². The SMILES string of the molecule is CN(CC(=O)Nc1ccccc1C(F)(F)F)S(=O)(=O)c1cc(Cl)cc(Cl)c1. The number of hydrogen-bond acceptors (Lipinski definition) is 3.